The number of hydrogen-bond acceptors (Lipinski definition) is 18. The van der Waals surface area contributed by atoms with E-state index in [1.807, 2.05) is 144 Å². The molecule has 0 radical (unpaired) electrons. The molecular weight excluding hydrogens is 1290 g/mol. The van der Waals surface area contributed by atoms with Gasteiger partial charge in [0.25, 0.3) is 5.91 Å². The third kappa shape index (κ3) is 24.3. The van der Waals surface area contributed by atoms with Crippen molar-refractivity contribution >= 4 is 88.3 Å². The van der Waals surface area contributed by atoms with Gasteiger partial charge in [-0.05, 0) is 202 Å². The van der Waals surface area contributed by atoms with Gasteiger partial charge in [-0.3, -0.25) is 10.0 Å². The molecule has 6 heterocycles. The van der Waals surface area contributed by atoms with Crippen molar-refractivity contribution in [1.29, 1.82) is 0 Å². The topological polar surface area (TPSA) is 285 Å². The second-order valence-corrected chi connectivity index (χ2v) is 26.5. The van der Waals surface area contributed by atoms with Gasteiger partial charge in [0.2, 0.25) is 0 Å². The van der Waals surface area contributed by atoms with Gasteiger partial charge in [0.05, 0.1) is 30.8 Å². The first-order chi connectivity index (χ1) is 41.1. The monoisotopic (exact) mass is 1390 g/mol. The first-order valence-electron chi connectivity index (χ1n) is 29.7. The zero-order valence-electron chi connectivity index (χ0n) is 54.1. The number of ether oxygens (including phenoxy) is 5. The summed E-state index contributed by atoms with van der Waals surface area (Å²) in [6.07, 6.45) is 17.8. The maximum Gasteiger partial charge on any atom is 1.00 e. The molecule has 7 N–H and O–H groups in total. The van der Waals surface area contributed by atoms with E-state index in [2.05, 4.69) is 54.4 Å². The van der Waals surface area contributed by atoms with Crippen molar-refractivity contribution in [2.45, 2.75) is 168 Å². The minimum Gasteiger partial charge on any atom is -0.870 e. The number of anilines is 2. The maximum atomic E-state index is 12.8. The predicted molar refractivity (Wildman–Crippen MR) is 360 cm³/mol. The van der Waals surface area contributed by atoms with E-state index in [0.717, 1.165) is 148 Å². The van der Waals surface area contributed by atoms with Crippen molar-refractivity contribution in [3.05, 3.63) is 111 Å². The van der Waals surface area contributed by atoms with Crippen LogP contribution in [0.4, 0.5) is 25.8 Å². The van der Waals surface area contributed by atoms with Crippen LogP contribution in [0, 0.1) is 3.57 Å². The Bertz CT molecular complexity index is 2770. The molecular formula is C67H102IN8NaO14. The Hall–Kier alpha value is -5.77. The molecule has 6 aliphatic rings. The minimum atomic E-state index is -0.570. The number of hydroxylamine groups is 1. The van der Waals surface area contributed by atoms with Gasteiger partial charge in [0.15, 0.2) is 0 Å². The molecule has 3 aromatic carbocycles. The molecule has 24 heteroatoms. The van der Waals surface area contributed by atoms with Crippen LogP contribution in [-0.2, 0) is 38.1 Å². The Labute approximate surface area is 576 Å². The van der Waals surface area contributed by atoms with Crippen molar-refractivity contribution in [3.63, 3.8) is 0 Å². The number of carbonyl (C=O) groups excluding carboxylic acids is 6. The summed E-state index contributed by atoms with van der Waals surface area (Å²) in [5, 5.41) is 18.5. The van der Waals surface area contributed by atoms with Crippen LogP contribution in [0.5, 0.6) is 0 Å². The van der Waals surface area contributed by atoms with E-state index in [4.69, 9.17) is 29.4 Å². The van der Waals surface area contributed by atoms with Gasteiger partial charge in [0.1, 0.15) is 16.8 Å². The zero-order valence-corrected chi connectivity index (χ0v) is 58.3. The number of hydrogen-bond donors (Lipinski definition) is 5. The Balaban J connectivity index is 0.000000617. The molecule has 6 saturated heterocycles. The summed E-state index contributed by atoms with van der Waals surface area (Å²) in [5.41, 5.74) is 4.82. The number of rotatable bonds is 8. The van der Waals surface area contributed by atoms with Crippen molar-refractivity contribution in [3.8, 4) is 0 Å². The Morgan fingerprint density at radius 2 is 0.890 bits per heavy atom. The third-order valence-corrected chi connectivity index (χ3v) is 16.7. The Morgan fingerprint density at radius 1 is 0.538 bits per heavy atom. The SMILES string of the molecule is C.C.CC(C)(C)OC(=O)N1CCCC12CCN(c1ccccc1/C=C/C(=O)NO)C2.CC(C)(C)OC(=O)N1CCCC12CCNC2.COC(=O)/C=C/c1ccccc1I.COC(=O)/C=C/c1ccccc1N1CCC2(CCCN2C(=O)OC(C)(C)C)C1.NO.[Na+].[OH-]. The normalized spacial score (nSPS) is 20.5. The molecule has 3 atom stereocenters. The van der Waals surface area contributed by atoms with E-state index in [1.54, 1.807) is 23.7 Å². The van der Waals surface area contributed by atoms with Crippen LogP contribution in [0.3, 0.4) is 0 Å². The molecule has 502 valence electrons. The molecule has 0 aliphatic carbocycles. The number of carbonyl (C=O) groups is 6. The summed E-state index contributed by atoms with van der Waals surface area (Å²) >= 11 is 2.22. The number of benzene rings is 3. The van der Waals surface area contributed by atoms with Crippen LogP contribution in [0.15, 0.2) is 91.0 Å². The van der Waals surface area contributed by atoms with Crippen LogP contribution in [0.2, 0.25) is 0 Å². The average Bonchev–Trinajstić information content (AvgIpc) is 1.67. The van der Waals surface area contributed by atoms with Gasteiger partial charge < -0.3 is 64.2 Å². The van der Waals surface area contributed by atoms with Crippen LogP contribution in [-0.4, -0.2) is 173 Å². The quantitative estimate of drug-likeness (QED) is 0.0268. The number of nitrogens with zero attached hydrogens (tertiary/aromatic N) is 5. The number of nitrogens with one attached hydrogen (secondary N) is 2. The Morgan fingerprint density at radius 3 is 1.25 bits per heavy atom. The van der Waals surface area contributed by atoms with Crippen molar-refractivity contribution < 1.29 is 97.9 Å². The molecule has 6 fully saturated rings. The van der Waals surface area contributed by atoms with Gasteiger partial charge in [-0.2, -0.15) is 0 Å². The van der Waals surface area contributed by atoms with E-state index in [0.29, 0.717) is 0 Å². The second kappa shape index (κ2) is 37.8. The Kier molecular flexibility index (Phi) is 34.6. The fourth-order valence-corrected chi connectivity index (χ4v) is 12.4. The number of methoxy groups -OCH3 is 2. The van der Waals surface area contributed by atoms with Gasteiger partial charge in [-0.15, -0.1) is 0 Å². The molecule has 91 heavy (non-hydrogen) atoms. The third-order valence-electron chi connectivity index (χ3n) is 15.7. The molecule has 3 spiro atoms. The zero-order chi connectivity index (χ0) is 64.2. The standard InChI is InChI=1S/C22H30N2O4.C21H29N3O4.C12H22N2O2.C10H9IO2.2CH4.H3NO.Na.H2O/c1-21(2,3)28-20(26)24-14-7-12-22(24)13-15-23(16-22)18-9-6-5-8-17(18)10-11-19(25)27-4;1-20(2,3)28-19(26)24-13-6-11-21(24)12-14-23(15-21)17-8-5-4-7-16(17)9-10-18(25)22-27;1-11(2,3)16-10(15)14-8-4-5-12(14)6-7-13-9-12;1-13-10(12)7-6-8-4-2-3-5-9(8)11;;;1-2;;/h5-6,8-11H,7,12-16H2,1-4H3;4-5,7-10,27H,6,11-15H2,1-3H3,(H,22,25);13H,4-9H2,1-3H3;2-7H,1H3;2*1H4;2H,1H2;;1H2/q;;;;;;;+1;/p-1/b11-10+;10-9+;;7-6+;;;;;. The predicted octanol–water partition coefficient (Wildman–Crippen LogP) is 8.70. The van der Waals surface area contributed by atoms with Gasteiger partial charge >= 0.3 is 59.8 Å². The largest absolute Gasteiger partial charge is 1.00 e. The number of likely N-dealkylation sites (tertiary alicyclic amines) is 3. The van der Waals surface area contributed by atoms with Crippen LogP contribution in [0.1, 0.15) is 152 Å². The number of esters is 2. The molecule has 9 rings (SSSR count). The summed E-state index contributed by atoms with van der Waals surface area (Å²) in [6, 6.07) is 23.6. The average molecular weight is 1390 g/mol. The van der Waals surface area contributed by atoms with E-state index in [-0.39, 0.29) is 96.7 Å². The van der Waals surface area contributed by atoms with E-state index in [9.17, 15) is 28.8 Å². The molecule has 3 unspecified atom stereocenters. The molecule has 0 saturated carbocycles. The summed E-state index contributed by atoms with van der Waals surface area (Å²) < 4.78 is 27.1. The number of para-hydroxylation sites is 2. The fraction of sp³-hybridized carbons (Fsp3) is 0.552. The molecule has 22 nitrogen and oxygen atoms in total. The van der Waals surface area contributed by atoms with Crippen molar-refractivity contribution in [2.75, 3.05) is 82.9 Å². The number of nitrogens with two attached hydrogens (primary N) is 1. The summed E-state index contributed by atoms with van der Waals surface area (Å²) in [7, 11) is 2.73. The van der Waals surface area contributed by atoms with Crippen molar-refractivity contribution in [1.82, 2.24) is 25.5 Å². The first kappa shape index (κ1) is 83.2. The molecule has 0 bridgehead atoms. The smallest absolute Gasteiger partial charge is 0.870 e. The van der Waals surface area contributed by atoms with Gasteiger partial charge in [-0.1, -0.05) is 69.5 Å². The molecule has 4 amide bonds. The summed E-state index contributed by atoms with van der Waals surface area (Å²) in [5.74, 6) is 2.22. The number of halogens is 1. The fourth-order valence-electron chi connectivity index (χ4n) is 11.9. The molecule has 6 aliphatic heterocycles. The molecule has 0 aromatic heterocycles. The number of amides is 4. The van der Waals surface area contributed by atoms with E-state index >= 15 is 0 Å². The van der Waals surface area contributed by atoms with Gasteiger partial charge in [-0.25, -0.2) is 35.3 Å². The molecule has 3 aromatic rings. The first-order valence-corrected chi connectivity index (χ1v) is 30.8. The van der Waals surface area contributed by atoms with Gasteiger partial charge in [0, 0.05) is 85.5 Å². The van der Waals surface area contributed by atoms with Crippen LogP contribution in [0.25, 0.3) is 18.2 Å². The summed E-state index contributed by atoms with van der Waals surface area (Å²) in [6.45, 7) is 24.6. The van der Waals surface area contributed by atoms with E-state index < -0.39 is 22.7 Å². The second-order valence-electron chi connectivity index (χ2n) is 25.3. The van der Waals surface area contributed by atoms with Crippen molar-refractivity contribution in [2.24, 2.45) is 5.90 Å². The summed E-state index contributed by atoms with van der Waals surface area (Å²) in [4.78, 5) is 81.6. The maximum absolute atomic E-state index is 12.8. The minimum absolute atomic E-state index is 0. The van der Waals surface area contributed by atoms with Crippen LogP contribution < -0.4 is 56.1 Å². The van der Waals surface area contributed by atoms with Crippen LogP contribution >= 0.6 is 22.6 Å². The van der Waals surface area contributed by atoms with E-state index in [1.165, 1.54) is 32.4 Å².